The lowest BCUT2D eigenvalue weighted by molar-refractivity contribution is -0.218. The molecule has 1 aromatic carbocycles. The lowest BCUT2D eigenvalue weighted by Gasteiger charge is -2.33. The average molecular weight is 395 g/mol. The van der Waals surface area contributed by atoms with Gasteiger partial charge < -0.3 is 10.1 Å². The minimum Gasteiger partial charge on any atom is -0.381 e. The number of alkyl halides is 3. The third kappa shape index (κ3) is 2.97. The van der Waals surface area contributed by atoms with Gasteiger partial charge in [0.05, 0.1) is 17.5 Å². The van der Waals surface area contributed by atoms with Gasteiger partial charge in [-0.2, -0.15) is 13.2 Å². The smallest absolute Gasteiger partial charge is 0.381 e. The SMILES string of the molecule is O=C(CCC1CCOCC1)NC1(C(F)(F)F)C(=O)Cc2nc3ccccc3n21. The molecule has 2 aliphatic rings. The predicted octanol–water partition coefficient (Wildman–Crippen LogP) is 2.70. The van der Waals surface area contributed by atoms with E-state index in [1.807, 2.05) is 5.32 Å². The second-order valence-electron chi connectivity index (χ2n) is 7.30. The Morgan fingerprint density at radius 1 is 1.29 bits per heavy atom. The molecule has 0 saturated carbocycles. The quantitative estimate of drug-likeness (QED) is 0.864. The van der Waals surface area contributed by atoms with Crippen LogP contribution in [0.5, 0.6) is 0 Å². The van der Waals surface area contributed by atoms with Crippen molar-refractivity contribution in [2.24, 2.45) is 5.92 Å². The highest BCUT2D eigenvalue weighted by molar-refractivity contribution is 5.97. The first-order valence-electron chi connectivity index (χ1n) is 9.28. The number of carbonyl (C=O) groups is 2. The summed E-state index contributed by atoms with van der Waals surface area (Å²) < 4.78 is 48.7. The number of imidazole rings is 1. The number of hydrogen-bond donors (Lipinski definition) is 1. The standard InChI is InChI=1S/C19H20F3N3O3/c20-19(21,22)18(24-17(27)6-5-12-7-9-28-10-8-12)15(26)11-16-23-13-3-1-2-4-14(13)25(16)18/h1-4,12H,5-11H2,(H,24,27). The number of rotatable bonds is 4. The number of carbonyl (C=O) groups excluding carboxylic acids is 2. The van der Waals surface area contributed by atoms with Crippen LogP contribution >= 0.6 is 0 Å². The fourth-order valence-corrected chi connectivity index (χ4v) is 4.08. The van der Waals surface area contributed by atoms with E-state index in [2.05, 4.69) is 4.98 Å². The lowest BCUT2D eigenvalue weighted by atomic mass is 9.94. The maximum atomic E-state index is 14.2. The Morgan fingerprint density at radius 3 is 2.71 bits per heavy atom. The molecule has 1 fully saturated rings. The second-order valence-corrected chi connectivity index (χ2v) is 7.30. The minimum absolute atomic E-state index is 0.00764. The van der Waals surface area contributed by atoms with Crippen molar-refractivity contribution in [2.75, 3.05) is 13.2 Å². The van der Waals surface area contributed by atoms with E-state index in [-0.39, 0.29) is 23.7 Å². The van der Waals surface area contributed by atoms with Crippen LogP contribution in [0.25, 0.3) is 11.0 Å². The Bertz CT molecular complexity index is 918. The molecule has 150 valence electrons. The van der Waals surface area contributed by atoms with Crippen LogP contribution in [-0.2, 0) is 26.4 Å². The molecule has 9 heteroatoms. The molecule has 1 atom stereocenters. The number of ketones is 1. The van der Waals surface area contributed by atoms with Gasteiger partial charge in [0.2, 0.25) is 5.91 Å². The zero-order valence-electron chi connectivity index (χ0n) is 15.1. The van der Waals surface area contributed by atoms with Gasteiger partial charge >= 0.3 is 6.18 Å². The molecule has 0 spiro atoms. The van der Waals surface area contributed by atoms with Crippen LogP contribution in [0.1, 0.15) is 31.5 Å². The summed E-state index contributed by atoms with van der Waals surface area (Å²) in [5.74, 6) is -1.66. The molecule has 1 unspecified atom stereocenters. The zero-order valence-corrected chi connectivity index (χ0v) is 15.1. The van der Waals surface area contributed by atoms with E-state index in [0.717, 1.165) is 17.4 Å². The molecule has 1 N–H and O–H groups in total. The van der Waals surface area contributed by atoms with Crippen LogP contribution in [0.3, 0.4) is 0 Å². The molecule has 6 nitrogen and oxygen atoms in total. The number of Topliss-reactive ketones (excluding diaryl/α,β-unsaturated/α-hetero) is 1. The molecule has 0 radical (unpaired) electrons. The molecule has 1 amide bonds. The Kier molecular flexibility index (Phi) is 4.65. The summed E-state index contributed by atoms with van der Waals surface area (Å²) in [6.07, 6.45) is -3.51. The second kappa shape index (κ2) is 6.88. The van der Waals surface area contributed by atoms with Crippen molar-refractivity contribution in [2.45, 2.75) is 43.9 Å². The molecule has 2 aliphatic heterocycles. The molecule has 28 heavy (non-hydrogen) atoms. The molecular weight excluding hydrogens is 375 g/mol. The van der Waals surface area contributed by atoms with E-state index >= 15 is 0 Å². The molecule has 0 bridgehead atoms. The molecule has 0 aliphatic carbocycles. The van der Waals surface area contributed by atoms with Gasteiger partial charge in [0.15, 0.2) is 5.78 Å². The number of fused-ring (bicyclic) bond motifs is 3. The van der Waals surface area contributed by atoms with Crippen LogP contribution in [0.2, 0.25) is 0 Å². The van der Waals surface area contributed by atoms with Crippen LogP contribution in [0.4, 0.5) is 13.2 Å². The number of benzene rings is 1. The fourth-order valence-electron chi connectivity index (χ4n) is 4.08. The highest BCUT2D eigenvalue weighted by Gasteiger charge is 2.66. The maximum absolute atomic E-state index is 14.2. The summed E-state index contributed by atoms with van der Waals surface area (Å²) in [5.41, 5.74) is -2.58. The minimum atomic E-state index is -4.99. The molecule has 3 heterocycles. The summed E-state index contributed by atoms with van der Waals surface area (Å²) in [6.45, 7) is 1.20. The first kappa shape index (κ1) is 18.9. The number of nitrogens with zero attached hydrogens (tertiary/aromatic N) is 2. The van der Waals surface area contributed by atoms with Crippen molar-refractivity contribution in [3.63, 3.8) is 0 Å². The summed E-state index contributed by atoms with van der Waals surface area (Å²) in [4.78, 5) is 29.2. The number of hydrogen-bond acceptors (Lipinski definition) is 4. The van der Waals surface area contributed by atoms with Crippen LogP contribution in [-0.4, -0.2) is 40.6 Å². The van der Waals surface area contributed by atoms with Crippen molar-refractivity contribution >= 4 is 22.7 Å². The first-order chi connectivity index (χ1) is 13.3. The van der Waals surface area contributed by atoms with E-state index in [1.54, 1.807) is 18.2 Å². The average Bonchev–Trinajstić information content (AvgIpc) is 3.15. The van der Waals surface area contributed by atoms with Crippen LogP contribution in [0.15, 0.2) is 24.3 Å². The monoisotopic (exact) mass is 395 g/mol. The van der Waals surface area contributed by atoms with Gasteiger partial charge in [0.1, 0.15) is 5.82 Å². The number of nitrogens with one attached hydrogen (secondary N) is 1. The van der Waals surface area contributed by atoms with Gasteiger partial charge in [0, 0.05) is 19.6 Å². The van der Waals surface area contributed by atoms with Crippen molar-refractivity contribution in [1.82, 2.24) is 14.9 Å². The highest BCUT2D eigenvalue weighted by atomic mass is 19.4. The lowest BCUT2D eigenvalue weighted by Crippen LogP contribution is -2.62. The Labute approximate surface area is 159 Å². The van der Waals surface area contributed by atoms with Gasteiger partial charge in [-0.15, -0.1) is 0 Å². The first-order valence-corrected chi connectivity index (χ1v) is 9.28. The Morgan fingerprint density at radius 2 is 2.00 bits per heavy atom. The van der Waals surface area contributed by atoms with E-state index < -0.39 is 30.0 Å². The Hall–Kier alpha value is -2.42. The van der Waals surface area contributed by atoms with Crippen molar-refractivity contribution < 1.29 is 27.5 Å². The van der Waals surface area contributed by atoms with Crippen LogP contribution in [0, 0.1) is 5.92 Å². The molecule has 4 rings (SSSR count). The number of amides is 1. The van der Waals surface area contributed by atoms with Crippen molar-refractivity contribution in [3.05, 3.63) is 30.1 Å². The molecule has 1 saturated heterocycles. The number of aromatic nitrogens is 2. The maximum Gasteiger partial charge on any atom is 0.438 e. The molecule has 2 aromatic rings. The summed E-state index contributed by atoms with van der Waals surface area (Å²) in [5, 5.41) is 2.03. The van der Waals surface area contributed by atoms with Crippen LogP contribution < -0.4 is 5.32 Å². The third-order valence-corrected chi connectivity index (χ3v) is 5.54. The fraction of sp³-hybridized carbons (Fsp3) is 0.526. The number of para-hydroxylation sites is 2. The normalized spacial score (nSPS) is 23.2. The van der Waals surface area contributed by atoms with Gasteiger partial charge in [-0.1, -0.05) is 12.1 Å². The van der Waals surface area contributed by atoms with Crippen molar-refractivity contribution in [1.29, 1.82) is 0 Å². The number of ether oxygens (including phenoxy) is 1. The summed E-state index contributed by atoms with van der Waals surface area (Å²) in [7, 11) is 0. The summed E-state index contributed by atoms with van der Waals surface area (Å²) in [6, 6.07) is 6.29. The molecular formula is C19H20F3N3O3. The topological polar surface area (TPSA) is 73.2 Å². The van der Waals surface area contributed by atoms with E-state index in [1.165, 1.54) is 6.07 Å². The zero-order chi connectivity index (χ0) is 19.9. The van der Waals surface area contributed by atoms with E-state index in [9.17, 15) is 22.8 Å². The van der Waals surface area contributed by atoms with Gasteiger partial charge in [-0.05, 0) is 37.3 Å². The largest absolute Gasteiger partial charge is 0.438 e. The van der Waals surface area contributed by atoms with Gasteiger partial charge in [-0.3, -0.25) is 14.2 Å². The summed E-state index contributed by atoms with van der Waals surface area (Å²) >= 11 is 0. The predicted molar refractivity (Wildman–Crippen MR) is 93.4 cm³/mol. The van der Waals surface area contributed by atoms with Gasteiger partial charge in [-0.25, -0.2) is 4.98 Å². The molecule has 1 aromatic heterocycles. The third-order valence-electron chi connectivity index (χ3n) is 5.54. The highest BCUT2D eigenvalue weighted by Crippen LogP contribution is 2.43. The van der Waals surface area contributed by atoms with Gasteiger partial charge in [0.25, 0.3) is 5.66 Å². The van der Waals surface area contributed by atoms with Crippen molar-refractivity contribution in [3.8, 4) is 0 Å². The van der Waals surface area contributed by atoms with E-state index in [0.29, 0.717) is 25.2 Å². The van der Waals surface area contributed by atoms with E-state index in [4.69, 9.17) is 4.74 Å². The Balaban J connectivity index is 1.65. The number of halogens is 3.